The van der Waals surface area contributed by atoms with Gasteiger partial charge in [0.25, 0.3) is 0 Å². The zero-order valence-corrected chi connectivity index (χ0v) is 26.5. The lowest BCUT2D eigenvalue weighted by molar-refractivity contribution is -0.138. The summed E-state index contributed by atoms with van der Waals surface area (Å²) in [5.74, 6) is 5.62. The number of amides is 4. The van der Waals surface area contributed by atoms with Gasteiger partial charge in [-0.3, -0.25) is 10.6 Å². The number of nitrogens with one attached hydrogen (secondary N) is 4. The highest BCUT2D eigenvalue weighted by atomic mass is 16.7. The number of hydrogen-bond acceptors (Lipinski definition) is 9. The van der Waals surface area contributed by atoms with E-state index in [1.165, 1.54) is 0 Å². The van der Waals surface area contributed by atoms with Crippen molar-refractivity contribution in [3.8, 4) is 17.6 Å². The number of carbonyl (C=O) groups is 3. The number of nitrogens with zero attached hydrogens (tertiary/aromatic N) is 1. The first kappa shape index (κ1) is 35.2. The number of urea groups is 1. The third kappa shape index (κ3) is 14.6. The van der Waals surface area contributed by atoms with Gasteiger partial charge >= 0.3 is 18.2 Å². The van der Waals surface area contributed by atoms with Crippen LogP contribution in [0.25, 0.3) is 0 Å². The molecule has 2 atom stereocenters. The van der Waals surface area contributed by atoms with E-state index in [2.05, 4.69) is 38.1 Å². The van der Waals surface area contributed by atoms with E-state index in [4.69, 9.17) is 23.7 Å². The molecule has 4 amide bonds. The number of aliphatic imine (C=N–C) groups is 1. The van der Waals surface area contributed by atoms with Gasteiger partial charge in [0.2, 0.25) is 5.96 Å². The first-order chi connectivity index (χ1) is 19.9. The van der Waals surface area contributed by atoms with Gasteiger partial charge in [-0.1, -0.05) is 24.0 Å². The van der Waals surface area contributed by atoms with E-state index in [1.807, 2.05) is 24.3 Å². The Morgan fingerprint density at radius 3 is 2.07 bits per heavy atom. The monoisotopic (exact) mass is 603 g/mol. The molecule has 13 nitrogen and oxygen atoms in total. The molecule has 1 heterocycles. The molecule has 4 N–H and O–H groups in total. The molecule has 1 aliphatic rings. The van der Waals surface area contributed by atoms with Crippen LogP contribution in [-0.2, 0) is 25.5 Å². The van der Waals surface area contributed by atoms with Crippen LogP contribution in [0.15, 0.2) is 29.3 Å². The summed E-state index contributed by atoms with van der Waals surface area (Å²) in [5.41, 5.74) is -0.657. The minimum atomic E-state index is -0.874. The number of alkyl carbamates (subject to hydrolysis) is 2. The number of ether oxygens (including phenoxy) is 5. The molecular weight excluding hydrogens is 558 g/mol. The highest BCUT2D eigenvalue weighted by Gasteiger charge is 2.37. The summed E-state index contributed by atoms with van der Waals surface area (Å²) in [7, 11) is 1.59. The van der Waals surface area contributed by atoms with Crippen molar-refractivity contribution >= 4 is 24.2 Å². The molecule has 0 aliphatic carbocycles. The Balaban J connectivity index is 2.11. The highest BCUT2D eigenvalue weighted by molar-refractivity contribution is 6.01. The highest BCUT2D eigenvalue weighted by Crippen LogP contribution is 2.25. The summed E-state index contributed by atoms with van der Waals surface area (Å²) in [4.78, 5) is 41.7. The van der Waals surface area contributed by atoms with Gasteiger partial charge in [0, 0.05) is 19.5 Å². The maximum Gasteiger partial charge on any atom is 0.414 e. The SMILES string of the molecule is COc1ccc(CNC(=O)NCCC#C[C@@H](N=C(NC(=O)OC(C)(C)C)NC(=O)OC(C)(C)C)[C@H]2COC(C)(C)O2)cc1. The lowest BCUT2D eigenvalue weighted by Crippen LogP contribution is -2.48. The molecule has 43 heavy (non-hydrogen) atoms. The Morgan fingerprint density at radius 2 is 1.58 bits per heavy atom. The largest absolute Gasteiger partial charge is 0.497 e. The molecule has 1 aromatic carbocycles. The molecule has 238 valence electrons. The first-order valence-corrected chi connectivity index (χ1v) is 14.0. The van der Waals surface area contributed by atoms with E-state index < -0.39 is 41.3 Å². The van der Waals surface area contributed by atoms with Crippen molar-refractivity contribution in [3.05, 3.63) is 29.8 Å². The van der Waals surface area contributed by atoms with E-state index in [-0.39, 0.29) is 25.1 Å². The van der Waals surface area contributed by atoms with Crippen molar-refractivity contribution in [1.82, 2.24) is 21.3 Å². The van der Waals surface area contributed by atoms with Crippen LogP contribution < -0.4 is 26.0 Å². The third-order valence-corrected chi connectivity index (χ3v) is 5.29. The molecule has 0 radical (unpaired) electrons. The van der Waals surface area contributed by atoms with Gasteiger partial charge in [0.15, 0.2) is 5.79 Å². The molecule has 2 rings (SSSR count). The fraction of sp³-hybridized carbons (Fsp3) is 0.600. The van der Waals surface area contributed by atoms with Gasteiger partial charge in [-0.05, 0) is 73.1 Å². The lowest BCUT2D eigenvalue weighted by atomic mass is 10.2. The van der Waals surface area contributed by atoms with Crippen LogP contribution in [0.3, 0.4) is 0 Å². The number of rotatable bonds is 7. The summed E-state index contributed by atoms with van der Waals surface area (Å²) in [6.45, 7) is 14.6. The number of carbonyl (C=O) groups excluding carboxylic acids is 3. The normalized spacial score (nSPS) is 16.4. The van der Waals surface area contributed by atoms with Crippen LogP contribution in [0.5, 0.6) is 5.75 Å². The van der Waals surface area contributed by atoms with Crippen molar-refractivity contribution in [2.24, 2.45) is 4.99 Å². The summed E-state index contributed by atoms with van der Waals surface area (Å²) < 4.78 is 27.4. The predicted octanol–water partition coefficient (Wildman–Crippen LogP) is 3.81. The number of methoxy groups -OCH3 is 1. The fourth-order valence-electron chi connectivity index (χ4n) is 3.52. The van der Waals surface area contributed by atoms with Gasteiger partial charge in [0.1, 0.15) is 29.1 Å². The molecule has 0 unspecified atom stereocenters. The summed E-state index contributed by atoms with van der Waals surface area (Å²) in [6.07, 6.45) is -1.97. The minimum Gasteiger partial charge on any atom is -0.497 e. The molecule has 1 fully saturated rings. The second-order valence-electron chi connectivity index (χ2n) is 12.1. The van der Waals surface area contributed by atoms with Crippen molar-refractivity contribution in [1.29, 1.82) is 0 Å². The van der Waals surface area contributed by atoms with Crippen LogP contribution in [0.2, 0.25) is 0 Å². The van der Waals surface area contributed by atoms with Crippen LogP contribution in [-0.4, -0.2) is 73.6 Å². The molecular formula is C30H45N5O8. The standard InChI is InChI=1S/C30H45N5O8/c1-28(2,3)42-26(37)34-24(35-27(38)43-29(4,5)6)33-22(23-19-40-30(7,8)41-23)12-10-11-17-31-25(36)32-18-20-13-15-21(39-9)16-14-20/h13-16,22-23H,11,17-19H2,1-9H3,(H2,31,32,36)(H2,33,34,35,37,38)/t22-,23-/m1/s1. The zero-order valence-electron chi connectivity index (χ0n) is 26.5. The average Bonchev–Trinajstić information content (AvgIpc) is 3.23. The molecule has 1 aliphatic heterocycles. The maximum atomic E-state index is 12.5. The zero-order chi connectivity index (χ0) is 32.3. The lowest BCUT2D eigenvalue weighted by Gasteiger charge is -2.23. The Labute approximate surface area is 253 Å². The molecule has 1 aromatic rings. The van der Waals surface area contributed by atoms with E-state index in [9.17, 15) is 14.4 Å². The Kier molecular flexibility index (Phi) is 12.6. The smallest absolute Gasteiger partial charge is 0.414 e. The number of guanidine groups is 1. The topological polar surface area (TPSA) is 158 Å². The average molecular weight is 604 g/mol. The second-order valence-corrected chi connectivity index (χ2v) is 12.1. The molecule has 1 saturated heterocycles. The van der Waals surface area contributed by atoms with E-state index in [0.717, 1.165) is 11.3 Å². The Morgan fingerprint density at radius 1 is 1.00 bits per heavy atom. The molecule has 0 spiro atoms. The summed E-state index contributed by atoms with van der Waals surface area (Å²) in [5, 5.41) is 10.4. The number of benzene rings is 1. The first-order valence-electron chi connectivity index (χ1n) is 14.0. The van der Waals surface area contributed by atoms with Crippen molar-refractivity contribution < 1.29 is 38.1 Å². The van der Waals surface area contributed by atoms with Crippen LogP contribution in [0.4, 0.5) is 14.4 Å². The minimum absolute atomic E-state index is 0.175. The van der Waals surface area contributed by atoms with Crippen LogP contribution in [0.1, 0.15) is 67.4 Å². The molecule has 0 bridgehead atoms. The van der Waals surface area contributed by atoms with Crippen molar-refractivity contribution in [2.45, 2.75) is 97.5 Å². The molecule has 13 heteroatoms. The molecule has 0 saturated carbocycles. The third-order valence-electron chi connectivity index (χ3n) is 5.29. The van der Waals surface area contributed by atoms with E-state index >= 15 is 0 Å². The van der Waals surface area contributed by atoms with Gasteiger partial charge in [-0.25, -0.2) is 19.4 Å². The van der Waals surface area contributed by atoms with Gasteiger partial charge in [-0.15, -0.1) is 0 Å². The molecule has 0 aromatic heterocycles. The van der Waals surface area contributed by atoms with Gasteiger partial charge in [-0.2, -0.15) is 0 Å². The maximum absolute atomic E-state index is 12.5. The summed E-state index contributed by atoms with van der Waals surface area (Å²) >= 11 is 0. The Hall–Kier alpha value is -4.02. The van der Waals surface area contributed by atoms with Gasteiger partial charge < -0.3 is 34.3 Å². The van der Waals surface area contributed by atoms with E-state index in [0.29, 0.717) is 13.0 Å². The van der Waals surface area contributed by atoms with Gasteiger partial charge in [0.05, 0.1) is 13.7 Å². The summed E-state index contributed by atoms with van der Waals surface area (Å²) in [6, 6.07) is 6.18. The van der Waals surface area contributed by atoms with Crippen LogP contribution in [0, 0.1) is 11.8 Å². The fourth-order valence-corrected chi connectivity index (χ4v) is 3.52. The van der Waals surface area contributed by atoms with Crippen molar-refractivity contribution in [2.75, 3.05) is 20.3 Å². The van der Waals surface area contributed by atoms with Crippen LogP contribution >= 0.6 is 0 Å². The number of hydrogen-bond donors (Lipinski definition) is 4. The van der Waals surface area contributed by atoms with Crippen molar-refractivity contribution in [3.63, 3.8) is 0 Å². The predicted molar refractivity (Wildman–Crippen MR) is 160 cm³/mol. The van der Waals surface area contributed by atoms with E-state index in [1.54, 1.807) is 62.5 Å². The quantitative estimate of drug-likeness (QED) is 0.159. The Bertz CT molecular complexity index is 1160. The second kappa shape index (κ2) is 15.5.